The second-order valence-corrected chi connectivity index (χ2v) is 4.90. The Morgan fingerprint density at radius 1 is 1.47 bits per heavy atom. The standard InChI is InChI=1S/C12H25FN2/c1-4-6-11-9-14-12(3,5-2)10-15(11)8-7-13/h11,14H,4-10H2,1-3H3. The number of nitrogens with zero attached hydrogens (tertiary/aromatic N) is 1. The summed E-state index contributed by atoms with van der Waals surface area (Å²) in [5.41, 5.74) is 0.180. The minimum Gasteiger partial charge on any atom is -0.309 e. The molecule has 0 aromatic carbocycles. The summed E-state index contributed by atoms with van der Waals surface area (Å²) >= 11 is 0. The molecule has 0 amide bonds. The summed E-state index contributed by atoms with van der Waals surface area (Å²) in [4.78, 5) is 2.32. The van der Waals surface area contributed by atoms with Crippen molar-refractivity contribution >= 4 is 0 Å². The van der Waals surface area contributed by atoms with Gasteiger partial charge in [-0.15, -0.1) is 0 Å². The molecule has 2 nitrogen and oxygen atoms in total. The van der Waals surface area contributed by atoms with E-state index in [1.165, 1.54) is 12.8 Å². The molecule has 3 heteroatoms. The monoisotopic (exact) mass is 216 g/mol. The van der Waals surface area contributed by atoms with E-state index in [2.05, 4.69) is 31.0 Å². The molecule has 0 saturated carbocycles. The molecule has 0 bridgehead atoms. The molecule has 1 saturated heterocycles. The smallest absolute Gasteiger partial charge is 0.102 e. The second kappa shape index (κ2) is 5.80. The van der Waals surface area contributed by atoms with Crippen molar-refractivity contribution in [2.45, 2.75) is 51.6 Å². The molecule has 1 fully saturated rings. The van der Waals surface area contributed by atoms with Crippen LogP contribution in [0, 0.1) is 0 Å². The SMILES string of the molecule is CCCC1CNC(C)(CC)CN1CCF. The van der Waals surface area contributed by atoms with Crippen LogP contribution in [0.4, 0.5) is 4.39 Å². The van der Waals surface area contributed by atoms with E-state index in [1.807, 2.05) is 0 Å². The van der Waals surface area contributed by atoms with Crippen molar-refractivity contribution < 1.29 is 4.39 Å². The molecular weight excluding hydrogens is 191 g/mol. The summed E-state index contributed by atoms with van der Waals surface area (Å²) in [6.07, 6.45) is 3.46. The molecule has 15 heavy (non-hydrogen) atoms. The Kier molecular flexibility index (Phi) is 5.00. The van der Waals surface area contributed by atoms with Crippen molar-refractivity contribution in [2.75, 3.05) is 26.3 Å². The Balaban J connectivity index is 2.56. The van der Waals surface area contributed by atoms with Gasteiger partial charge < -0.3 is 5.32 Å². The number of halogens is 1. The fourth-order valence-electron chi connectivity index (χ4n) is 2.35. The third kappa shape index (κ3) is 3.42. The van der Waals surface area contributed by atoms with Crippen molar-refractivity contribution in [1.82, 2.24) is 10.2 Å². The van der Waals surface area contributed by atoms with Crippen LogP contribution in [0.1, 0.15) is 40.0 Å². The van der Waals surface area contributed by atoms with Crippen molar-refractivity contribution in [2.24, 2.45) is 0 Å². The molecule has 0 spiro atoms. The van der Waals surface area contributed by atoms with Crippen LogP contribution in [0.15, 0.2) is 0 Å². The fraction of sp³-hybridized carbons (Fsp3) is 1.00. The van der Waals surface area contributed by atoms with Gasteiger partial charge in [0.25, 0.3) is 0 Å². The molecule has 1 heterocycles. The lowest BCUT2D eigenvalue weighted by Crippen LogP contribution is -2.62. The summed E-state index contributed by atoms with van der Waals surface area (Å²) in [6, 6.07) is 0.533. The predicted octanol–water partition coefficient (Wildman–Crippen LogP) is 2.20. The number of hydrogen-bond donors (Lipinski definition) is 1. The van der Waals surface area contributed by atoms with Crippen LogP contribution >= 0.6 is 0 Å². The van der Waals surface area contributed by atoms with Crippen LogP contribution in [0.2, 0.25) is 0 Å². The number of alkyl halides is 1. The first kappa shape index (κ1) is 12.9. The Labute approximate surface area is 93.2 Å². The first-order chi connectivity index (χ1) is 7.15. The van der Waals surface area contributed by atoms with Gasteiger partial charge in [0.15, 0.2) is 0 Å². The third-order valence-corrected chi connectivity index (χ3v) is 3.61. The summed E-state index contributed by atoms with van der Waals surface area (Å²) in [5.74, 6) is 0. The van der Waals surface area contributed by atoms with Crippen molar-refractivity contribution in [3.8, 4) is 0 Å². The molecule has 0 radical (unpaired) electrons. The number of hydrogen-bond acceptors (Lipinski definition) is 2. The van der Waals surface area contributed by atoms with Crippen molar-refractivity contribution in [3.05, 3.63) is 0 Å². The van der Waals surface area contributed by atoms with Gasteiger partial charge in [0.1, 0.15) is 6.67 Å². The van der Waals surface area contributed by atoms with E-state index in [0.717, 1.165) is 19.5 Å². The van der Waals surface area contributed by atoms with Gasteiger partial charge in [0.05, 0.1) is 0 Å². The molecule has 1 N–H and O–H groups in total. The normalized spacial score (nSPS) is 33.2. The molecule has 2 atom stereocenters. The zero-order valence-corrected chi connectivity index (χ0v) is 10.4. The average Bonchev–Trinajstić information content (AvgIpc) is 2.23. The fourth-order valence-corrected chi connectivity index (χ4v) is 2.35. The van der Waals surface area contributed by atoms with E-state index >= 15 is 0 Å². The van der Waals surface area contributed by atoms with Gasteiger partial charge in [0.2, 0.25) is 0 Å². The Bertz CT molecular complexity index is 186. The summed E-state index contributed by atoms with van der Waals surface area (Å²) in [5, 5.41) is 3.60. The topological polar surface area (TPSA) is 15.3 Å². The highest BCUT2D eigenvalue weighted by Crippen LogP contribution is 2.20. The van der Waals surface area contributed by atoms with Crippen LogP contribution in [-0.2, 0) is 0 Å². The van der Waals surface area contributed by atoms with Crippen LogP contribution in [0.25, 0.3) is 0 Å². The van der Waals surface area contributed by atoms with Crippen molar-refractivity contribution in [3.63, 3.8) is 0 Å². The number of nitrogens with one attached hydrogen (secondary N) is 1. The Morgan fingerprint density at radius 3 is 2.73 bits per heavy atom. The van der Waals surface area contributed by atoms with Gasteiger partial charge >= 0.3 is 0 Å². The maximum atomic E-state index is 12.5. The lowest BCUT2D eigenvalue weighted by atomic mass is 9.92. The van der Waals surface area contributed by atoms with E-state index in [4.69, 9.17) is 0 Å². The van der Waals surface area contributed by atoms with Crippen LogP contribution < -0.4 is 5.32 Å². The van der Waals surface area contributed by atoms with Gasteiger partial charge in [-0.05, 0) is 19.8 Å². The Morgan fingerprint density at radius 2 is 2.20 bits per heavy atom. The number of rotatable bonds is 5. The molecule has 1 rings (SSSR count). The van der Waals surface area contributed by atoms with Crippen LogP contribution in [0.5, 0.6) is 0 Å². The maximum Gasteiger partial charge on any atom is 0.102 e. The van der Waals surface area contributed by atoms with Gasteiger partial charge in [-0.25, -0.2) is 4.39 Å². The summed E-state index contributed by atoms with van der Waals surface area (Å²) in [6.45, 7) is 9.00. The van der Waals surface area contributed by atoms with Crippen LogP contribution in [-0.4, -0.2) is 42.8 Å². The summed E-state index contributed by atoms with van der Waals surface area (Å²) in [7, 11) is 0. The van der Waals surface area contributed by atoms with Gasteiger partial charge in [0, 0.05) is 31.2 Å². The van der Waals surface area contributed by atoms with E-state index in [0.29, 0.717) is 12.6 Å². The lowest BCUT2D eigenvalue weighted by molar-refractivity contribution is 0.0736. The van der Waals surface area contributed by atoms with Gasteiger partial charge in [-0.2, -0.15) is 0 Å². The molecular formula is C12H25FN2. The zero-order valence-electron chi connectivity index (χ0n) is 10.4. The highest BCUT2D eigenvalue weighted by molar-refractivity contribution is 4.94. The van der Waals surface area contributed by atoms with E-state index in [1.54, 1.807) is 0 Å². The predicted molar refractivity (Wildman–Crippen MR) is 62.9 cm³/mol. The molecule has 1 aliphatic heterocycles. The highest BCUT2D eigenvalue weighted by Gasteiger charge is 2.33. The Hall–Kier alpha value is -0.150. The second-order valence-electron chi connectivity index (χ2n) is 4.90. The minimum atomic E-state index is -0.222. The quantitative estimate of drug-likeness (QED) is 0.758. The van der Waals surface area contributed by atoms with Gasteiger partial charge in [-0.1, -0.05) is 20.3 Å². The first-order valence-electron chi connectivity index (χ1n) is 6.20. The molecule has 0 aliphatic carbocycles. The third-order valence-electron chi connectivity index (χ3n) is 3.61. The van der Waals surface area contributed by atoms with E-state index < -0.39 is 0 Å². The molecule has 2 unspecified atom stereocenters. The van der Waals surface area contributed by atoms with E-state index in [9.17, 15) is 4.39 Å². The molecule has 0 aromatic rings. The van der Waals surface area contributed by atoms with Crippen LogP contribution in [0.3, 0.4) is 0 Å². The molecule has 0 aromatic heterocycles. The average molecular weight is 216 g/mol. The van der Waals surface area contributed by atoms with Gasteiger partial charge in [-0.3, -0.25) is 4.90 Å². The molecule has 90 valence electrons. The first-order valence-corrected chi connectivity index (χ1v) is 6.20. The number of piperazine rings is 1. The summed E-state index contributed by atoms with van der Waals surface area (Å²) < 4.78 is 12.5. The zero-order chi connectivity index (χ0) is 11.3. The highest BCUT2D eigenvalue weighted by atomic mass is 19.1. The largest absolute Gasteiger partial charge is 0.309 e. The maximum absolute atomic E-state index is 12.5. The lowest BCUT2D eigenvalue weighted by Gasteiger charge is -2.46. The van der Waals surface area contributed by atoms with E-state index in [-0.39, 0.29) is 12.2 Å². The minimum absolute atomic E-state index is 0.180. The molecule has 1 aliphatic rings. The van der Waals surface area contributed by atoms with Crippen molar-refractivity contribution in [1.29, 1.82) is 0 Å².